The maximum Gasteiger partial charge on any atom is 0.333 e. The standard InChI is InChI=1S/C24H18ClIN2O4/c1-31-21-13-16(11-19(26)22(21)32-14-15-5-3-2-4-6-15)12-20-23(29)28(24(30)27-20)18-9-7-17(25)8-10-18/h2-13H,14H2,1H3,(H,27,30)/b20-12+. The van der Waals surface area contributed by atoms with E-state index in [1.54, 1.807) is 43.5 Å². The van der Waals surface area contributed by atoms with Crippen LogP contribution in [0.15, 0.2) is 72.4 Å². The van der Waals surface area contributed by atoms with E-state index < -0.39 is 11.9 Å². The Morgan fingerprint density at radius 1 is 1.06 bits per heavy atom. The molecule has 1 N–H and O–H groups in total. The summed E-state index contributed by atoms with van der Waals surface area (Å²) in [5.74, 6) is 0.699. The SMILES string of the molecule is COc1cc(/C=C2/NC(=O)N(c3ccc(Cl)cc3)C2=O)cc(I)c1OCc1ccccc1. The van der Waals surface area contributed by atoms with E-state index >= 15 is 0 Å². The van der Waals surface area contributed by atoms with Gasteiger partial charge in [0.15, 0.2) is 11.5 Å². The molecule has 3 aromatic rings. The Hall–Kier alpha value is -3.04. The molecule has 3 aromatic carbocycles. The molecule has 1 aliphatic heterocycles. The molecule has 6 nitrogen and oxygen atoms in total. The zero-order valence-electron chi connectivity index (χ0n) is 17.0. The summed E-state index contributed by atoms with van der Waals surface area (Å²) in [6.07, 6.45) is 1.61. The van der Waals surface area contributed by atoms with Gasteiger partial charge in [-0.15, -0.1) is 0 Å². The molecule has 1 heterocycles. The lowest BCUT2D eigenvalue weighted by molar-refractivity contribution is -0.113. The molecule has 32 heavy (non-hydrogen) atoms. The maximum absolute atomic E-state index is 12.9. The lowest BCUT2D eigenvalue weighted by Crippen LogP contribution is -2.30. The van der Waals surface area contributed by atoms with E-state index in [1.165, 1.54) is 0 Å². The lowest BCUT2D eigenvalue weighted by atomic mass is 10.1. The van der Waals surface area contributed by atoms with Crippen molar-refractivity contribution in [3.63, 3.8) is 0 Å². The number of carbonyl (C=O) groups excluding carboxylic acids is 2. The number of ether oxygens (including phenoxy) is 2. The van der Waals surface area contributed by atoms with Crippen molar-refractivity contribution >= 4 is 57.9 Å². The molecule has 0 bridgehead atoms. The third kappa shape index (κ3) is 4.73. The normalized spacial score (nSPS) is 14.6. The molecule has 0 aromatic heterocycles. The summed E-state index contributed by atoms with van der Waals surface area (Å²) < 4.78 is 12.3. The Morgan fingerprint density at radius 3 is 2.47 bits per heavy atom. The summed E-state index contributed by atoms with van der Waals surface area (Å²) in [6, 6.07) is 19.4. The predicted octanol–water partition coefficient (Wildman–Crippen LogP) is 5.63. The van der Waals surface area contributed by atoms with Crippen molar-refractivity contribution in [2.75, 3.05) is 12.0 Å². The predicted molar refractivity (Wildman–Crippen MR) is 132 cm³/mol. The highest BCUT2D eigenvalue weighted by Gasteiger charge is 2.34. The number of hydrogen-bond donors (Lipinski definition) is 1. The van der Waals surface area contributed by atoms with E-state index in [1.807, 2.05) is 36.4 Å². The smallest absolute Gasteiger partial charge is 0.333 e. The molecule has 0 spiro atoms. The Morgan fingerprint density at radius 2 is 1.78 bits per heavy atom. The first-order valence-electron chi connectivity index (χ1n) is 9.63. The van der Waals surface area contributed by atoms with Crippen LogP contribution < -0.4 is 19.7 Å². The second kappa shape index (κ2) is 9.62. The molecule has 8 heteroatoms. The molecule has 0 aliphatic carbocycles. The number of methoxy groups -OCH3 is 1. The molecular formula is C24H18ClIN2O4. The number of halogens is 2. The molecule has 0 radical (unpaired) electrons. The fourth-order valence-corrected chi connectivity index (χ4v) is 4.13. The first-order valence-corrected chi connectivity index (χ1v) is 11.1. The number of hydrogen-bond acceptors (Lipinski definition) is 4. The van der Waals surface area contributed by atoms with Crippen molar-refractivity contribution in [1.82, 2.24) is 5.32 Å². The number of benzene rings is 3. The molecule has 1 fully saturated rings. The van der Waals surface area contributed by atoms with Gasteiger partial charge in [0.2, 0.25) is 0 Å². The van der Waals surface area contributed by atoms with Crippen molar-refractivity contribution in [3.8, 4) is 11.5 Å². The summed E-state index contributed by atoms with van der Waals surface area (Å²) >= 11 is 8.06. The van der Waals surface area contributed by atoms with Gasteiger partial charge >= 0.3 is 6.03 Å². The van der Waals surface area contributed by atoms with Gasteiger partial charge in [0.1, 0.15) is 12.3 Å². The molecule has 162 valence electrons. The number of amides is 3. The van der Waals surface area contributed by atoms with Crippen LogP contribution in [0.2, 0.25) is 5.02 Å². The van der Waals surface area contributed by atoms with Gasteiger partial charge in [0.05, 0.1) is 16.4 Å². The minimum atomic E-state index is -0.520. The van der Waals surface area contributed by atoms with Crippen LogP contribution in [0, 0.1) is 3.57 Å². The minimum Gasteiger partial charge on any atom is -0.493 e. The first kappa shape index (κ1) is 22.2. The second-order valence-corrected chi connectivity index (χ2v) is 8.51. The zero-order valence-corrected chi connectivity index (χ0v) is 19.9. The largest absolute Gasteiger partial charge is 0.493 e. The number of urea groups is 1. The van der Waals surface area contributed by atoms with Crippen molar-refractivity contribution in [1.29, 1.82) is 0 Å². The molecule has 4 rings (SSSR count). The van der Waals surface area contributed by atoms with E-state index in [0.29, 0.717) is 34.4 Å². The van der Waals surface area contributed by atoms with E-state index in [2.05, 4.69) is 27.9 Å². The number of nitrogens with zero attached hydrogens (tertiary/aromatic N) is 1. The van der Waals surface area contributed by atoms with Gasteiger partial charge in [-0.1, -0.05) is 41.9 Å². The average molecular weight is 561 g/mol. The van der Waals surface area contributed by atoms with Crippen molar-refractivity contribution in [3.05, 3.63) is 92.1 Å². The summed E-state index contributed by atoms with van der Waals surface area (Å²) in [4.78, 5) is 26.3. The molecular weight excluding hydrogens is 543 g/mol. The van der Waals surface area contributed by atoms with E-state index in [4.69, 9.17) is 21.1 Å². The number of carbonyl (C=O) groups is 2. The number of imide groups is 1. The average Bonchev–Trinajstić information content (AvgIpc) is 3.06. The van der Waals surface area contributed by atoms with Crippen LogP contribution in [0.3, 0.4) is 0 Å². The summed E-state index contributed by atoms with van der Waals surface area (Å²) in [5.41, 5.74) is 2.34. The van der Waals surface area contributed by atoms with Gasteiger partial charge in [0.25, 0.3) is 5.91 Å². The minimum absolute atomic E-state index is 0.167. The van der Waals surface area contributed by atoms with Crippen molar-refractivity contribution in [2.24, 2.45) is 0 Å². The molecule has 0 atom stereocenters. The van der Waals surface area contributed by atoms with Crippen LogP contribution in [-0.2, 0) is 11.4 Å². The highest BCUT2D eigenvalue weighted by atomic mass is 127. The number of anilines is 1. The first-order chi connectivity index (χ1) is 15.5. The molecule has 1 saturated heterocycles. The summed E-state index contributed by atoms with van der Waals surface area (Å²) in [5, 5.41) is 3.15. The van der Waals surface area contributed by atoms with E-state index in [-0.39, 0.29) is 5.70 Å². The summed E-state index contributed by atoms with van der Waals surface area (Å²) in [6.45, 7) is 0.401. The quantitative estimate of drug-likeness (QED) is 0.241. The van der Waals surface area contributed by atoms with Gasteiger partial charge in [-0.05, 0) is 76.2 Å². The van der Waals surface area contributed by atoms with E-state index in [0.717, 1.165) is 14.0 Å². The van der Waals surface area contributed by atoms with Crippen LogP contribution in [0.4, 0.5) is 10.5 Å². The maximum atomic E-state index is 12.9. The van der Waals surface area contributed by atoms with Crippen molar-refractivity contribution < 1.29 is 19.1 Å². The molecule has 0 saturated carbocycles. The van der Waals surface area contributed by atoms with Gasteiger partial charge in [-0.25, -0.2) is 9.69 Å². The third-order valence-electron chi connectivity index (χ3n) is 4.75. The Bertz CT molecular complexity index is 1200. The highest BCUT2D eigenvalue weighted by molar-refractivity contribution is 14.1. The fraction of sp³-hybridized carbons (Fsp3) is 0.0833. The van der Waals surface area contributed by atoms with Gasteiger partial charge in [-0.3, -0.25) is 4.79 Å². The Labute approximate surface area is 203 Å². The van der Waals surface area contributed by atoms with Crippen LogP contribution in [0.5, 0.6) is 11.5 Å². The van der Waals surface area contributed by atoms with Crippen LogP contribution in [0.25, 0.3) is 6.08 Å². The van der Waals surface area contributed by atoms with E-state index in [9.17, 15) is 9.59 Å². The number of nitrogens with one attached hydrogen (secondary N) is 1. The van der Waals surface area contributed by atoms with Gasteiger partial charge in [0, 0.05) is 5.02 Å². The molecule has 0 unspecified atom stereocenters. The van der Waals surface area contributed by atoms with Crippen LogP contribution in [-0.4, -0.2) is 19.0 Å². The lowest BCUT2D eigenvalue weighted by Gasteiger charge is -2.14. The molecule has 3 amide bonds. The van der Waals surface area contributed by atoms with Gasteiger partial charge < -0.3 is 14.8 Å². The van der Waals surface area contributed by atoms with Gasteiger partial charge in [-0.2, -0.15) is 0 Å². The third-order valence-corrected chi connectivity index (χ3v) is 5.81. The number of rotatable bonds is 6. The monoisotopic (exact) mass is 560 g/mol. The molecule has 1 aliphatic rings. The topological polar surface area (TPSA) is 67.9 Å². The fourth-order valence-electron chi connectivity index (χ4n) is 3.22. The van der Waals surface area contributed by atoms with Crippen LogP contribution in [0.1, 0.15) is 11.1 Å². The Balaban J connectivity index is 1.58. The highest BCUT2D eigenvalue weighted by Crippen LogP contribution is 2.35. The van der Waals surface area contributed by atoms with Crippen LogP contribution >= 0.6 is 34.2 Å². The Kier molecular flexibility index (Phi) is 6.66. The summed E-state index contributed by atoms with van der Waals surface area (Å²) in [7, 11) is 1.56. The zero-order chi connectivity index (χ0) is 22.7. The second-order valence-electron chi connectivity index (χ2n) is 6.91. The van der Waals surface area contributed by atoms with Crippen molar-refractivity contribution in [2.45, 2.75) is 6.61 Å².